The van der Waals surface area contributed by atoms with Gasteiger partial charge in [0.1, 0.15) is 0 Å². The fourth-order valence-corrected chi connectivity index (χ4v) is 3.41. The van der Waals surface area contributed by atoms with Gasteiger partial charge in [0.25, 0.3) is 0 Å². The van der Waals surface area contributed by atoms with Crippen LogP contribution in [0.3, 0.4) is 0 Å². The third kappa shape index (κ3) is 4.06. The molecule has 2 aliphatic rings. The zero-order valence-electron chi connectivity index (χ0n) is 12.8. The minimum atomic E-state index is -0.0164. The first-order chi connectivity index (χ1) is 9.72. The van der Waals surface area contributed by atoms with E-state index in [4.69, 9.17) is 0 Å². The van der Waals surface area contributed by atoms with E-state index in [1.54, 1.807) is 6.08 Å². The molecule has 2 saturated heterocycles. The van der Waals surface area contributed by atoms with Crippen LogP contribution in [0.2, 0.25) is 0 Å². The second-order valence-electron chi connectivity index (χ2n) is 6.07. The zero-order valence-corrected chi connectivity index (χ0v) is 12.8. The first-order valence-electron chi connectivity index (χ1n) is 8.09. The molecular weight excluding hydrogens is 250 g/mol. The highest BCUT2D eigenvalue weighted by Crippen LogP contribution is 2.21. The summed E-state index contributed by atoms with van der Waals surface area (Å²) in [5.41, 5.74) is 0. The number of nitrogens with one attached hydrogen (secondary N) is 1. The van der Waals surface area contributed by atoms with Crippen LogP contribution in [0.1, 0.15) is 39.0 Å². The van der Waals surface area contributed by atoms with Gasteiger partial charge >= 0.3 is 0 Å². The van der Waals surface area contributed by atoms with Crippen molar-refractivity contribution < 1.29 is 4.79 Å². The van der Waals surface area contributed by atoms with Gasteiger partial charge in [-0.1, -0.05) is 12.5 Å². The van der Waals surface area contributed by atoms with Gasteiger partial charge in [-0.2, -0.15) is 0 Å². The first kappa shape index (κ1) is 15.5. The monoisotopic (exact) mass is 279 g/mol. The minimum absolute atomic E-state index is 0.0164. The summed E-state index contributed by atoms with van der Waals surface area (Å²) in [7, 11) is 0. The maximum Gasteiger partial charge on any atom is 0.237 e. The number of amides is 1. The average molecular weight is 279 g/mol. The van der Waals surface area contributed by atoms with Crippen molar-refractivity contribution in [2.45, 2.75) is 51.1 Å². The molecule has 2 heterocycles. The molecule has 4 heteroatoms. The van der Waals surface area contributed by atoms with Crippen molar-refractivity contribution >= 4 is 5.91 Å². The Balaban J connectivity index is 1.75. The van der Waals surface area contributed by atoms with Crippen LogP contribution >= 0.6 is 0 Å². The van der Waals surface area contributed by atoms with E-state index >= 15 is 0 Å². The van der Waals surface area contributed by atoms with Crippen molar-refractivity contribution in [3.63, 3.8) is 0 Å². The minimum Gasteiger partial charge on any atom is -0.351 e. The molecule has 1 unspecified atom stereocenters. The summed E-state index contributed by atoms with van der Waals surface area (Å²) in [4.78, 5) is 17.0. The summed E-state index contributed by atoms with van der Waals surface area (Å²) in [5, 5.41) is 2.89. The number of piperidine rings is 2. The van der Waals surface area contributed by atoms with Crippen LogP contribution in [-0.2, 0) is 4.79 Å². The van der Waals surface area contributed by atoms with E-state index in [0.717, 1.165) is 19.1 Å². The molecular formula is C16H29N3O. The van der Waals surface area contributed by atoms with Crippen LogP contribution in [0.25, 0.3) is 0 Å². The smallest absolute Gasteiger partial charge is 0.237 e. The Kier molecular flexibility index (Phi) is 6.05. The lowest BCUT2D eigenvalue weighted by molar-refractivity contribution is -0.126. The topological polar surface area (TPSA) is 35.6 Å². The predicted octanol–water partition coefficient (Wildman–Crippen LogP) is 1.63. The molecule has 1 N–H and O–H groups in total. The van der Waals surface area contributed by atoms with Crippen LogP contribution in [0.4, 0.5) is 0 Å². The molecule has 0 aromatic heterocycles. The molecule has 20 heavy (non-hydrogen) atoms. The summed E-state index contributed by atoms with van der Waals surface area (Å²) < 4.78 is 0. The standard InChI is InChI=1S/C16H29N3O/c1-3-9-17-16(20)14(2)18-12-7-15(8-13-18)19-10-5-4-6-11-19/h3,14-15H,1,4-13H2,2H3,(H,17,20). The molecule has 2 rings (SSSR count). The Bertz CT molecular complexity index is 318. The average Bonchev–Trinajstić information content (AvgIpc) is 2.53. The molecule has 0 saturated carbocycles. The van der Waals surface area contributed by atoms with Gasteiger partial charge in [0, 0.05) is 25.7 Å². The molecule has 0 bridgehead atoms. The SMILES string of the molecule is C=CCNC(=O)C(C)N1CCC(N2CCCCC2)CC1. The summed E-state index contributed by atoms with van der Waals surface area (Å²) in [6, 6.07) is 0.729. The second kappa shape index (κ2) is 7.79. The van der Waals surface area contributed by atoms with Gasteiger partial charge in [-0.15, -0.1) is 6.58 Å². The Morgan fingerprint density at radius 1 is 1.25 bits per heavy atom. The van der Waals surface area contributed by atoms with Gasteiger partial charge in [0.2, 0.25) is 5.91 Å². The van der Waals surface area contributed by atoms with Crippen molar-refractivity contribution in [1.29, 1.82) is 0 Å². The Labute approximate surface area is 123 Å². The van der Waals surface area contributed by atoms with Crippen molar-refractivity contribution in [3.05, 3.63) is 12.7 Å². The lowest BCUT2D eigenvalue weighted by Gasteiger charge is -2.41. The summed E-state index contributed by atoms with van der Waals surface area (Å²) in [6.45, 7) is 10.9. The van der Waals surface area contributed by atoms with Crippen LogP contribution in [-0.4, -0.2) is 60.5 Å². The lowest BCUT2D eigenvalue weighted by Crippen LogP contribution is -2.52. The highest BCUT2D eigenvalue weighted by Gasteiger charge is 2.29. The molecule has 1 amide bonds. The maximum atomic E-state index is 12.0. The van der Waals surface area contributed by atoms with Crippen LogP contribution in [0.5, 0.6) is 0 Å². The van der Waals surface area contributed by atoms with Crippen molar-refractivity contribution in [2.24, 2.45) is 0 Å². The van der Waals surface area contributed by atoms with Gasteiger partial charge in [-0.05, 0) is 45.7 Å². The van der Waals surface area contributed by atoms with E-state index in [9.17, 15) is 4.79 Å². The first-order valence-corrected chi connectivity index (χ1v) is 8.09. The molecule has 0 aromatic carbocycles. The van der Waals surface area contributed by atoms with E-state index < -0.39 is 0 Å². The number of carbonyl (C=O) groups excluding carboxylic acids is 1. The zero-order chi connectivity index (χ0) is 14.4. The van der Waals surface area contributed by atoms with Gasteiger partial charge < -0.3 is 10.2 Å². The lowest BCUT2D eigenvalue weighted by atomic mass is 9.99. The fraction of sp³-hybridized carbons (Fsp3) is 0.812. The quantitative estimate of drug-likeness (QED) is 0.777. The maximum absolute atomic E-state index is 12.0. The highest BCUT2D eigenvalue weighted by molar-refractivity contribution is 5.81. The molecule has 114 valence electrons. The van der Waals surface area contributed by atoms with Gasteiger partial charge in [-0.25, -0.2) is 0 Å². The predicted molar refractivity (Wildman–Crippen MR) is 82.7 cm³/mol. The third-order valence-corrected chi connectivity index (χ3v) is 4.75. The van der Waals surface area contributed by atoms with Crippen molar-refractivity contribution in [1.82, 2.24) is 15.1 Å². The van der Waals surface area contributed by atoms with Crippen LogP contribution in [0.15, 0.2) is 12.7 Å². The summed E-state index contributed by atoms with van der Waals surface area (Å²) >= 11 is 0. The largest absolute Gasteiger partial charge is 0.351 e. The van der Waals surface area contributed by atoms with Crippen LogP contribution < -0.4 is 5.32 Å². The normalized spacial score (nSPS) is 24.2. The van der Waals surface area contributed by atoms with E-state index in [1.807, 2.05) is 6.92 Å². The molecule has 0 aromatic rings. The molecule has 1 atom stereocenters. The van der Waals surface area contributed by atoms with Crippen molar-refractivity contribution in [2.75, 3.05) is 32.7 Å². The number of nitrogens with zero attached hydrogens (tertiary/aromatic N) is 2. The van der Waals surface area contributed by atoms with E-state index in [-0.39, 0.29) is 11.9 Å². The summed E-state index contributed by atoms with van der Waals surface area (Å²) in [5.74, 6) is 0.126. The number of likely N-dealkylation sites (tertiary alicyclic amines) is 2. The fourth-order valence-electron chi connectivity index (χ4n) is 3.41. The molecule has 2 fully saturated rings. The van der Waals surface area contributed by atoms with Gasteiger partial charge in [-0.3, -0.25) is 9.69 Å². The molecule has 0 spiro atoms. The number of hydrogen-bond donors (Lipinski definition) is 1. The Hall–Kier alpha value is -0.870. The molecule has 4 nitrogen and oxygen atoms in total. The van der Waals surface area contributed by atoms with Crippen molar-refractivity contribution in [3.8, 4) is 0 Å². The van der Waals surface area contributed by atoms with Gasteiger partial charge in [0.05, 0.1) is 6.04 Å². The van der Waals surface area contributed by atoms with Gasteiger partial charge in [0.15, 0.2) is 0 Å². The summed E-state index contributed by atoms with van der Waals surface area (Å²) in [6.07, 6.45) is 8.27. The Morgan fingerprint density at radius 3 is 2.50 bits per heavy atom. The highest BCUT2D eigenvalue weighted by atomic mass is 16.2. The molecule has 2 aliphatic heterocycles. The number of rotatable bonds is 5. The second-order valence-corrected chi connectivity index (χ2v) is 6.07. The van der Waals surface area contributed by atoms with E-state index in [1.165, 1.54) is 45.2 Å². The number of hydrogen-bond acceptors (Lipinski definition) is 3. The van der Waals surface area contributed by atoms with E-state index in [0.29, 0.717) is 6.54 Å². The number of carbonyl (C=O) groups is 1. The van der Waals surface area contributed by atoms with Crippen LogP contribution in [0, 0.1) is 0 Å². The van der Waals surface area contributed by atoms with E-state index in [2.05, 4.69) is 21.7 Å². The molecule has 0 radical (unpaired) electrons. The Morgan fingerprint density at radius 2 is 1.90 bits per heavy atom. The molecule has 0 aliphatic carbocycles. The third-order valence-electron chi connectivity index (χ3n) is 4.75.